The van der Waals surface area contributed by atoms with E-state index in [0.29, 0.717) is 0 Å². The number of rotatable bonds is 6. The summed E-state index contributed by atoms with van der Waals surface area (Å²) in [5.74, 6) is 1.01. The van der Waals surface area contributed by atoms with Gasteiger partial charge >= 0.3 is 0 Å². The summed E-state index contributed by atoms with van der Waals surface area (Å²) < 4.78 is 1.17. The summed E-state index contributed by atoms with van der Waals surface area (Å²) in [5, 5.41) is 5.47. The number of anilines is 1. The first-order chi connectivity index (χ1) is 9.19. The first-order valence-corrected chi connectivity index (χ1v) is 7.97. The number of nitrogens with zero attached hydrogens (tertiary/aromatic N) is 2. The highest BCUT2D eigenvalue weighted by atomic mass is 79.9. The molecule has 2 rings (SSSR count). The Kier molecular flexibility index (Phi) is 5.36. The summed E-state index contributed by atoms with van der Waals surface area (Å²) in [5.41, 5.74) is 2.39. The molecule has 0 bridgehead atoms. The molecule has 0 amide bonds. The number of hydrogen-bond donors (Lipinski definition) is 1. The minimum absolute atomic E-state index is 0.822. The summed E-state index contributed by atoms with van der Waals surface area (Å²) in [4.78, 5) is 6.84. The summed E-state index contributed by atoms with van der Waals surface area (Å²) in [6, 6.07) is 8.33. The molecule has 0 aliphatic rings. The molecule has 0 aliphatic heterocycles. The van der Waals surface area contributed by atoms with Crippen LogP contribution in [0.2, 0.25) is 0 Å². The first-order valence-electron chi connectivity index (χ1n) is 6.29. The summed E-state index contributed by atoms with van der Waals surface area (Å²) in [6.07, 6.45) is 0. The van der Waals surface area contributed by atoms with Crippen molar-refractivity contribution in [1.82, 2.24) is 10.3 Å². The fraction of sp³-hybridized carbons (Fsp3) is 0.357. The molecule has 5 heteroatoms. The average molecular weight is 340 g/mol. The Bertz CT molecular complexity index is 527. The lowest BCUT2D eigenvalue weighted by atomic mass is 10.3. The second-order valence-corrected chi connectivity index (χ2v) is 6.67. The zero-order valence-corrected chi connectivity index (χ0v) is 13.6. The molecule has 3 nitrogen and oxygen atoms in total. The van der Waals surface area contributed by atoms with Crippen LogP contribution < -0.4 is 10.2 Å². The van der Waals surface area contributed by atoms with Crippen molar-refractivity contribution in [3.8, 4) is 0 Å². The normalized spacial score (nSPS) is 10.7. The molecule has 2 aromatic heterocycles. The van der Waals surface area contributed by atoms with Crippen LogP contribution in [0, 0.1) is 0 Å². The maximum absolute atomic E-state index is 4.67. The number of thiophene rings is 1. The molecule has 0 unspecified atom stereocenters. The molecule has 0 radical (unpaired) electrons. The number of pyridine rings is 1. The standard InChI is InChI=1S/C14H18BrN3S/c1-3-16-8-12-5-4-6-14(17-12)18(2)9-11-7-13(15)19-10-11/h4-7,10,16H,3,8-9H2,1-2H3. The van der Waals surface area contributed by atoms with Gasteiger partial charge in [-0.05, 0) is 51.6 Å². The van der Waals surface area contributed by atoms with Crippen LogP contribution in [-0.4, -0.2) is 18.6 Å². The predicted molar refractivity (Wildman–Crippen MR) is 85.7 cm³/mol. The highest BCUT2D eigenvalue weighted by Gasteiger charge is 2.06. The molecule has 0 fully saturated rings. The molecule has 1 N–H and O–H groups in total. The van der Waals surface area contributed by atoms with Gasteiger partial charge in [0.2, 0.25) is 0 Å². The van der Waals surface area contributed by atoms with Crippen LogP contribution in [0.25, 0.3) is 0 Å². The van der Waals surface area contributed by atoms with Crippen molar-refractivity contribution in [3.63, 3.8) is 0 Å². The van der Waals surface area contributed by atoms with E-state index in [0.717, 1.165) is 31.1 Å². The maximum atomic E-state index is 4.67. The topological polar surface area (TPSA) is 28.2 Å². The first kappa shape index (κ1) is 14.5. The quantitative estimate of drug-likeness (QED) is 0.870. The minimum Gasteiger partial charge on any atom is -0.355 e. The average Bonchev–Trinajstić information content (AvgIpc) is 2.82. The third kappa shape index (κ3) is 4.30. The molecular formula is C14H18BrN3S. The van der Waals surface area contributed by atoms with Crippen molar-refractivity contribution in [2.75, 3.05) is 18.5 Å². The van der Waals surface area contributed by atoms with E-state index in [4.69, 9.17) is 0 Å². The van der Waals surface area contributed by atoms with E-state index in [9.17, 15) is 0 Å². The Morgan fingerprint density at radius 2 is 2.26 bits per heavy atom. The van der Waals surface area contributed by atoms with Gasteiger partial charge in [-0.25, -0.2) is 4.98 Å². The van der Waals surface area contributed by atoms with Crippen LogP contribution in [0.5, 0.6) is 0 Å². The van der Waals surface area contributed by atoms with Crippen molar-refractivity contribution in [1.29, 1.82) is 0 Å². The van der Waals surface area contributed by atoms with Crippen LogP contribution in [0.1, 0.15) is 18.2 Å². The van der Waals surface area contributed by atoms with Gasteiger partial charge < -0.3 is 10.2 Å². The summed E-state index contributed by atoms with van der Waals surface area (Å²) in [6.45, 7) is 4.76. The highest BCUT2D eigenvalue weighted by Crippen LogP contribution is 2.22. The zero-order valence-electron chi connectivity index (χ0n) is 11.2. The number of halogens is 1. The van der Waals surface area contributed by atoms with Crippen LogP contribution in [0.3, 0.4) is 0 Å². The van der Waals surface area contributed by atoms with Crippen LogP contribution in [-0.2, 0) is 13.1 Å². The van der Waals surface area contributed by atoms with Gasteiger partial charge in [-0.2, -0.15) is 0 Å². The van der Waals surface area contributed by atoms with E-state index in [1.807, 2.05) is 0 Å². The van der Waals surface area contributed by atoms with Crippen molar-refractivity contribution in [2.45, 2.75) is 20.0 Å². The van der Waals surface area contributed by atoms with Gasteiger partial charge in [-0.1, -0.05) is 13.0 Å². The highest BCUT2D eigenvalue weighted by molar-refractivity contribution is 9.11. The largest absolute Gasteiger partial charge is 0.355 e. The molecular weight excluding hydrogens is 322 g/mol. The Morgan fingerprint density at radius 3 is 2.95 bits per heavy atom. The Morgan fingerprint density at radius 1 is 1.42 bits per heavy atom. The molecule has 19 heavy (non-hydrogen) atoms. The fourth-order valence-corrected chi connectivity index (χ4v) is 3.01. The Labute approximate surface area is 126 Å². The maximum Gasteiger partial charge on any atom is 0.128 e. The molecule has 0 saturated carbocycles. The molecule has 0 atom stereocenters. The van der Waals surface area contributed by atoms with Crippen molar-refractivity contribution >= 4 is 33.1 Å². The minimum atomic E-state index is 0.822. The molecule has 0 aromatic carbocycles. The van der Waals surface area contributed by atoms with Gasteiger partial charge in [0.15, 0.2) is 0 Å². The Balaban J connectivity index is 2.03. The predicted octanol–water partition coefficient (Wildman–Crippen LogP) is 3.65. The Hall–Kier alpha value is -0.910. The zero-order chi connectivity index (χ0) is 13.7. The molecule has 0 aliphatic carbocycles. The van der Waals surface area contributed by atoms with Gasteiger partial charge in [0, 0.05) is 20.1 Å². The SMILES string of the molecule is CCNCc1cccc(N(C)Cc2csc(Br)c2)n1. The van der Waals surface area contributed by atoms with Crippen molar-refractivity contribution in [3.05, 3.63) is 44.7 Å². The number of nitrogens with one attached hydrogen (secondary N) is 1. The van der Waals surface area contributed by atoms with E-state index < -0.39 is 0 Å². The number of hydrogen-bond acceptors (Lipinski definition) is 4. The smallest absolute Gasteiger partial charge is 0.128 e. The van der Waals surface area contributed by atoms with Gasteiger partial charge in [-0.3, -0.25) is 0 Å². The van der Waals surface area contributed by atoms with Gasteiger partial charge in [0.25, 0.3) is 0 Å². The lowest BCUT2D eigenvalue weighted by Crippen LogP contribution is -2.19. The van der Waals surface area contributed by atoms with Crippen LogP contribution in [0.15, 0.2) is 33.4 Å². The number of aromatic nitrogens is 1. The van der Waals surface area contributed by atoms with E-state index in [-0.39, 0.29) is 0 Å². The summed E-state index contributed by atoms with van der Waals surface area (Å²) in [7, 11) is 2.07. The van der Waals surface area contributed by atoms with E-state index in [2.05, 4.69) is 74.7 Å². The van der Waals surface area contributed by atoms with Crippen molar-refractivity contribution in [2.24, 2.45) is 0 Å². The summed E-state index contributed by atoms with van der Waals surface area (Å²) >= 11 is 5.21. The lowest BCUT2D eigenvalue weighted by Gasteiger charge is -2.18. The van der Waals surface area contributed by atoms with Gasteiger partial charge in [0.05, 0.1) is 9.48 Å². The van der Waals surface area contributed by atoms with E-state index in [1.165, 1.54) is 9.35 Å². The van der Waals surface area contributed by atoms with E-state index >= 15 is 0 Å². The van der Waals surface area contributed by atoms with Crippen molar-refractivity contribution < 1.29 is 0 Å². The van der Waals surface area contributed by atoms with Crippen LogP contribution >= 0.6 is 27.3 Å². The third-order valence-corrected chi connectivity index (χ3v) is 4.33. The molecule has 102 valence electrons. The molecule has 2 aromatic rings. The second-order valence-electron chi connectivity index (χ2n) is 4.38. The van der Waals surface area contributed by atoms with Gasteiger partial charge in [-0.15, -0.1) is 11.3 Å². The van der Waals surface area contributed by atoms with Gasteiger partial charge in [0.1, 0.15) is 5.82 Å². The molecule has 0 saturated heterocycles. The molecule has 2 heterocycles. The van der Waals surface area contributed by atoms with E-state index in [1.54, 1.807) is 11.3 Å². The molecule has 0 spiro atoms. The fourth-order valence-electron chi connectivity index (χ4n) is 1.81. The third-order valence-electron chi connectivity index (χ3n) is 2.78. The van der Waals surface area contributed by atoms with Crippen LogP contribution in [0.4, 0.5) is 5.82 Å². The second kappa shape index (κ2) is 7.03. The monoisotopic (exact) mass is 339 g/mol. The lowest BCUT2D eigenvalue weighted by molar-refractivity contribution is 0.708.